The van der Waals surface area contributed by atoms with Crippen LogP contribution in [-0.2, 0) is 9.59 Å². The summed E-state index contributed by atoms with van der Waals surface area (Å²) in [7, 11) is 0. The lowest BCUT2D eigenvalue weighted by Gasteiger charge is -2.32. The molecule has 1 atom stereocenters. The minimum Gasteiger partial charge on any atom is -0.494 e. The molecule has 1 unspecified atom stereocenters. The van der Waals surface area contributed by atoms with E-state index in [1.807, 2.05) is 92.0 Å². The van der Waals surface area contributed by atoms with Crippen molar-refractivity contribution in [1.82, 2.24) is 14.7 Å². The molecule has 4 aromatic rings. The average molecular weight is 571 g/mol. The molecule has 2 amide bonds. The Labute approximate surface area is 252 Å². The van der Waals surface area contributed by atoms with Gasteiger partial charge in [-0.3, -0.25) is 14.5 Å². The number of imide groups is 1. The standard InChI is InChI=1S/C36H34N4O3/c1-5-6-19-43-30-17-18-31(24(2)20-30)34-28(23-39(38-34)29-15-11-8-12-16-29)21-32-25(3)33(22-37)36(42)40(35(32)41)26(4)27-13-9-7-10-14-27/h7-18,20-21,23,26H,5-6,19H2,1-4H3/b32-21+. The second-order valence-electron chi connectivity index (χ2n) is 10.6. The van der Waals surface area contributed by atoms with E-state index in [2.05, 4.69) is 13.0 Å². The Morgan fingerprint density at radius 1 is 0.977 bits per heavy atom. The summed E-state index contributed by atoms with van der Waals surface area (Å²) >= 11 is 0. The van der Waals surface area contributed by atoms with Crippen molar-refractivity contribution < 1.29 is 14.3 Å². The molecule has 43 heavy (non-hydrogen) atoms. The minimum atomic E-state index is -0.590. The van der Waals surface area contributed by atoms with Gasteiger partial charge in [-0.25, -0.2) is 4.68 Å². The zero-order valence-corrected chi connectivity index (χ0v) is 24.9. The number of rotatable bonds is 9. The van der Waals surface area contributed by atoms with Crippen LogP contribution in [0.4, 0.5) is 0 Å². The Hall–Kier alpha value is -5.22. The number of nitriles is 1. The van der Waals surface area contributed by atoms with Crippen LogP contribution < -0.4 is 4.74 Å². The summed E-state index contributed by atoms with van der Waals surface area (Å²) in [5, 5.41) is 14.9. The van der Waals surface area contributed by atoms with Gasteiger partial charge in [0, 0.05) is 22.9 Å². The minimum absolute atomic E-state index is 0.0459. The fourth-order valence-corrected chi connectivity index (χ4v) is 5.23. The normalized spacial score (nSPS) is 15.1. The van der Waals surface area contributed by atoms with Crippen LogP contribution in [0.1, 0.15) is 56.3 Å². The van der Waals surface area contributed by atoms with Gasteiger partial charge in [-0.2, -0.15) is 10.4 Å². The van der Waals surface area contributed by atoms with Crippen molar-refractivity contribution in [2.75, 3.05) is 6.61 Å². The lowest BCUT2D eigenvalue weighted by atomic mass is 9.91. The second kappa shape index (κ2) is 12.7. The highest BCUT2D eigenvalue weighted by Crippen LogP contribution is 2.36. The number of nitrogens with zero attached hydrogens (tertiary/aromatic N) is 4. The van der Waals surface area contributed by atoms with Gasteiger partial charge in [0.05, 0.1) is 18.3 Å². The third-order valence-corrected chi connectivity index (χ3v) is 7.72. The first-order valence-corrected chi connectivity index (χ1v) is 14.5. The molecule has 0 N–H and O–H groups in total. The Balaban J connectivity index is 1.64. The van der Waals surface area contributed by atoms with Gasteiger partial charge >= 0.3 is 0 Å². The first-order valence-electron chi connectivity index (χ1n) is 14.5. The Morgan fingerprint density at radius 3 is 2.33 bits per heavy atom. The number of hydrogen-bond acceptors (Lipinski definition) is 5. The molecular formula is C36H34N4O3. The molecule has 1 aromatic heterocycles. The first-order chi connectivity index (χ1) is 20.8. The van der Waals surface area contributed by atoms with Crippen LogP contribution in [0.2, 0.25) is 0 Å². The fraction of sp³-hybridized carbons (Fsp3) is 0.222. The molecule has 0 saturated carbocycles. The summed E-state index contributed by atoms with van der Waals surface area (Å²) in [4.78, 5) is 28.6. The number of aryl methyl sites for hydroxylation is 1. The van der Waals surface area contributed by atoms with Crippen LogP contribution in [0, 0.1) is 18.3 Å². The summed E-state index contributed by atoms with van der Waals surface area (Å²) in [6.07, 6.45) is 5.66. The van der Waals surface area contributed by atoms with Crippen LogP contribution in [0.15, 0.2) is 102 Å². The smallest absolute Gasteiger partial charge is 0.272 e. The van der Waals surface area contributed by atoms with Crippen molar-refractivity contribution in [2.45, 2.75) is 46.6 Å². The van der Waals surface area contributed by atoms with Gasteiger partial charge < -0.3 is 4.74 Å². The fourth-order valence-electron chi connectivity index (χ4n) is 5.23. The van der Waals surface area contributed by atoms with E-state index in [9.17, 15) is 14.9 Å². The molecule has 1 aliphatic heterocycles. The van der Waals surface area contributed by atoms with E-state index in [0.29, 0.717) is 23.4 Å². The molecule has 0 bridgehead atoms. The average Bonchev–Trinajstić information content (AvgIpc) is 3.44. The molecule has 5 rings (SSSR count). The third-order valence-electron chi connectivity index (χ3n) is 7.72. The lowest BCUT2D eigenvalue weighted by Crippen LogP contribution is -2.44. The van der Waals surface area contributed by atoms with Crippen LogP contribution in [-0.4, -0.2) is 33.1 Å². The van der Waals surface area contributed by atoms with E-state index in [1.165, 1.54) is 4.90 Å². The predicted molar refractivity (Wildman–Crippen MR) is 167 cm³/mol. The maximum atomic E-state index is 14.0. The van der Waals surface area contributed by atoms with E-state index in [1.54, 1.807) is 24.6 Å². The zero-order chi connectivity index (χ0) is 30.5. The van der Waals surface area contributed by atoms with Gasteiger partial charge in [0.2, 0.25) is 0 Å². The summed E-state index contributed by atoms with van der Waals surface area (Å²) < 4.78 is 7.70. The van der Waals surface area contributed by atoms with E-state index in [-0.39, 0.29) is 11.1 Å². The molecular weight excluding hydrogens is 536 g/mol. The molecule has 7 nitrogen and oxygen atoms in total. The van der Waals surface area contributed by atoms with Crippen LogP contribution in [0.3, 0.4) is 0 Å². The number of ether oxygens (including phenoxy) is 1. The van der Waals surface area contributed by atoms with Gasteiger partial charge in [0.1, 0.15) is 23.1 Å². The number of para-hydroxylation sites is 1. The molecule has 0 spiro atoms. The first kappa shape index (κ1) is 29.3. The maximum Gasteiger partial charge on any atom is 0.272 e. The zero-order valence-electron chi connectivity index (χ0n) is 24.9. The number of hydrogen-bond donors (Lipinski definition) is 0. The summed E-state index contributed by atoms with van der Waals surface area (Å²) in [6, 6.07) is 26.5. The molecule has 0 aliphatic carbocycles. The second-order valence-corrected chi connectivity index (χ2v) is 10.6. The SMILES string of the molecule is CCCCOc1ccc(-c2nn(-c3ccccc3)cc2/C=C2/C(=O)N(C(C)c3ccccc3)C(=O)C(C#N)=C2C)c(C)c1. The van der Waals surface area contributed by atoms with Crippen LogP contribution in [0.5, 0.6) is 5.75 Å². The molecule has 7 heteroatoms. The highest BCUT2D eigenvalue weighted by molar-refractivity contribution is 6.20. The summed E-state index contributed by atoms with van der Waals surface area (Å²) in [6.45, 7) is 8.24. The van der Waals surface area contributed by atoms with Gasteiger partial charge in [-0.05, 0) is 80.3 Å². The predicted octanol–water partition coefficient (Wildman–Crippen LogP) is 7.38. The lowest BCUT2D eigenvalue weighted by molar-refractivity contribution is -0.143. The van der Waals surface area contributed by atoms with Gasteiger partial charge in [0.15, 0.2) is 0 Å². The van der Waals surface area contributed by atoms with Gasteiger partial charge in [-0.15, -0.1) is 0 Å². The molecule has 0 saturated heterocycles. The largest absolute Gasteiger partial charge is 0.494 e. The monoisotopic (exact) mass is 570 g/mol. The third kappa shape index (κ3) is 5.91. The number of carbonyl (C=O) groups is 2. The number of unbranched alkanes of at least 4 members (excludes halogenated alkanes) is 1. The van der Waals surface area contributed by atoms with Crippen molar-refractivity contribution in [3.63, 3.8) is 0 Å². The van der Waals surface area contributed by atoms with Crippen LogP contribution >= 0.6 is 0 Å². The van der Waals surface area contributed by atoms with E-state index in [0.717, 1.165) is 41.0 Å². The van der Waals surface area contributed by atoms with E-state index < -0.39 is 17.9 Å². The van der Waals surface area contributed by atoms with Crippen molar-refractivity contribution in [3.8, 4) is 28.8 Å². The summed E-state index contributed by atoms with van der Waals surface area (Å²) in [5.74, 6) is -0.248. The Kier molecular flexibility index (Phi) is 8.68. The number of carbonyl (C=O) groups excluding carboxylic acids is 2. The molecule has 0 fully saturated rings. The van der Waals surface area contributed by atoms with E-state index in [4.69, 9.17) is 9.84 Å². The number of amides is 2. The summed E-state index contributed by atoms with van der Waals surface area (Å²) in [5.41, 5.74) is 5.47. The Bertz CT molecular complexity index is 1760. The van der Waals surface area contributed by atoms with Gasteiger partial charge in [0.25, 0.3) is 11.8 Å². The van der Waals surface area contributed by atoms with Gasteiger partial charge in [-0.1, -0.05) is 61.9 Å². The van der Waals surface area contributed by atoms with Crippen molar-refractivity contribution in [3.05, 3.63) is 118 Å². The molecule has 2 heterocycles. The quantitative estimate of drug-likeness (QED) is 0.119. The topological polar surface area (TPSA) is 88.2 Å². The highest BCUT2D eigenvalue weighted by atomic mass is 16.5. The van der Waals surface area contributed by atoms with Crippen molar-refractivity contribution >= 4 is 17.9 Å². The maximum absolute atomic E-state index is 14.0. The number of benzene rings is 3. The van der Waals surface area contributed by atoms with Crippen molar-refractivity contribution in [2.24, 2.45) is 0 Å². The van der Waals surface area contributed by atoms with E-state index >= 15 is 0 Å². The Morgan fingerprint density at radius 2 is 1.67 bits per heavy atom. The number of aromatic nitrogens is 2. The van der Waals surface area contributed by atoms with Crippen LogP contribution in [0.25, 0.3) is 23.0 Å². The molecule has 0 radical (unpaired) electrons. The molecule has 216 valence electrons. The molecule has 1 aliphatic rings. The highest BCUT2D eigenvalue weighted by Gasteiger charge is 2.39. The molecule has 3 aromatic carbocycles. The van der Waals surface area contributed by atoms with Crippen molar-refractivity contribution in [1.29, 1.82) is 5.26 Å².